The highest BCUT2D eigenvalue weighted by Crippen LogP contribution is 2.30. The monoisotopic (exact) mass is 302 g/mol. The van der Waals surface area contributed by atoms with Crippen molar-refractivity contribution in [3.8, 4) is 17.3 Å². The van der Waals surface area contributed by atoms with Crippen LogP contribution in [0.15, 0.2) is 29.2 Å². The smallest absolute Gasteiger partial charge is 0.341 e. The first-order valence-corrected chi connectivity index (χ1v) is 7.03. The lowest BCUT2D eigenvalue weighted by Crippen LogP contribution is -2.16. The van der Waals surface area contributed by atoms with Crippen LogP contribution in [-0.2, 0) is 6.54 Å². The lowest BCUT2D eigenvalue weighted by molar-refractivity contribution is 0.0694. The summed E-state index contributed by atoms with van der Waals surface area (Å²) in [6.07, 6.45) is 2.61. The molecule has 1 aliphatic rings. The zero-order valence-electron chi connectivity index (χ0n) is 12.8. The fraction of sp³-hybridized carbons (Fsp3) is 0.312. The molecule has 0 unspecified atom stereocenters. The Balaban J connectivity index is 0.000000545. The predicted octanol–water partition coefficient (Wildman–Crippen LogP) is 2.40. The Labute approximate surface area is 128 Å². The molecule has 0 amide bonds. The van der Waals surface area contributed by atoms with Crippen LogP contribution in [0.5, 0.6) is 5.88 Å². The van der Waals surface area contributed by atoms with E-state index in [1.54, 1.807) is 10.6 Å². The van der Waals surface area contributed by atoms with Crippen LogP contribution in [0.25, 0.3) is 11.4 Å². The van der Waals surface area contributed by atoms with Crippen LogP contribution in [0.3, 0.4) is 0 Å². The highest BCUT2D eigenvalue weighted by atomic mass is 16.5. The van der Waals surface area contributed by atoms with Gasteiger partial charge in [-0.15, -0.1) is 0 Å². The van der Waals surface area contributed by atoms with Crippen LogP contribution in [-0.4, -0.2) is 27.7 Å². The summed E-state index contributed by atoms with van der Waals surface area (Å²) in [5, 5.41) is 8.95. The van der Waals surface area contributed by atoms with Crippen molar-refractivity contribution in [1.82, 2.24) is 9.55 Å². The van der Waals surface area contributed by atoms with Gasteiger partial charge in [0.1, 0.15) is 5.56 Å². The summed E-state index contributed by atoms with van der Waals surface area (Å²) in [6, 6.07) is 4.91. The number of carboxylic acid groups (broad SMARTS) is 1. The maximum absolute atomic E-state index is 11.7. The number of nitrogens with zero attached hydrogens (tertiary/aromatic N) is 2. The molecule has 6 nitrogen and oxygen atoms in total. The topological polar surface area (TPSA) is 81.4 Å². The summed E-state index contributed by atoms with van der Waals surface area (Å²) in [6.45, 7) is 4.75. The van der Waals surface area contributed by atoms with Crippen molar-refractivity contribution < 1.29 is 14.6 Å². The predicted molar refractivity (Wildman–Crippen MR) is 82.5 cm³/mol. The Morgan fingerprint density at radius 1 is 1.41 bits per heavy atom. The first-order chi connectivity index (χ1) is 10.5. The zero-order valence-corrected chi connectivity index (χ0v) is 12.8. The van der Waals surface area contributed by atoms with Gasteiger partial charge in [-0.3, -0.25) is 4.79 Å². The molecule has 0 spiro atoms. The van der Waals surface area contributed by atoms with E-state index in [2.05, 4.69) is 18.8 Å². The zero-order chi connectivity index (χ0) is 16.3. The number of methoxy groups -OCH3 is 1. The summed E-state index contributed by atoms with van der Waals surface area (Å²) >= 11 is 0. The molecule has 3 heterocycles. The number of carboxylic acids is 1. The molecule has 0 atom stereocenters. The normalized spacial score (nSPS) is 11.0. The molecule has 0 saturated heterocycles. The van der Waals surface area contributed by atoms with E-state index in [-0.39, 0.29) is 5.56 Å². The van der Waals surface area contributed by atoms with E-state index in [0.717, 1.165) is 5.56 Å². The number of carbonyl (C=O) groups is 1. The van der Waals surface area contributed by atoms with Crippen LogP contribution >= 0.6 is 0 Å². The molecule has 1 aliphatic heterocycles. The van der Waals surface area contributed by atoms with Crippen LogP contribution in [0, 0.1) is 0 Å². The third-order valence-electron chi connectivity index (χ3n) is 3.10. The third-order valence-corrected chi connectivity index (χ3v) is 3.10. The lowest BCUT2D eigenvalue weighted by Gasteiger charge is -2.04. The van der Waals surface area contributed by atoms with Gasteiger partial charge < -0.3 is 14.4 Å². The van der Waals surface area contributed by atoms with Crippen molar-refractivity contribution >= 4 is 5.97 Å². The summed E-state index contributed by atoms with van der Waals surface area (Å²) in [5.74, 6) is -0.760. The number of hydrogen-bond donors (Lipinski definition) is 1. The Kier molecular flexibility index (Phi) is 4.60. The van der Waals surface area contributed by atoms with E-state index in [1.165, 1.54) is 25.8 Å². The van der Waals surface area contributed by atoms with Crippen LogP contribution in [0.4, 0.5) is 0 Å². The number of ether oxygens (including phenoxy) is 1. The molecule has 0 aromatic carbocycles. The van der Waals surface area contributed by atoms with Gasteiger partial charge in [-0.25, -0.2) is 9.78 Å². The molecule has 6 heteroatoms. The van der Waals surface area contributed by atoms with E-state index in [4.69, 9.17) is 9.84 Å². The van der Waals surface area contributed by atoms with Gasteiger partial charge in [-0.2, -0.15) is 0 Å². The average Bonchev–Trinajstić information content (AvgIpc) is 2.83. The summed E-state index contributed by atoms with van der Waals surface area (Å²) < 4.78 is 6.76. The van der Waals surface area contributed by atoms with Crippen LogP contribution in [0.1, 0.15) is 36.2 Å². The molecule has 22 heavy (non-hydrogen) atoms. The van der Waals surface area contributed by atoms with Gasteiger partial charge in [0.2, 0.25) is 5.88 Å². The molecule has 0 aliphatic carbocycles. The number of aromatic carboxylic acids is 1. The van der Waals surface area contributed by atoms with Gasteiger partial charge in [-0.1, -0.05) is 20.3 Å². The fourth-order valence-corrected chi connectivity index (χ4v) is 2.19. The van der Waals surface area contributed by atoms with Gasteiger partial charge in [0.05, 0.1) is 18.5 Å². The molecule has 0 radical (unpaired) electrons. The van der Waals surface area contributed by atoms with Gasteiger partial charge >= 0.3 is 5.97 Å². The highest BCUT2D eigenvalue weighted by molar-refractivity contribution is 5.87. The van der Waals surface area contributed by atoms with Crippen molar-refractivity contribution in [3.63, 3.8) is 0 Å². The lowest BCUT2D eigenvalue weighted by atomic mass is 10.2. The maximum Gasteiger partial charge on any atom is 0.341 e. The molecule has 3 rings (SSSR count). The van der Waals surface area contributed by atoms with E-state index < -0.39 is 11.4 Å². The van der Waals surface area contributed by atoms with Crippen molar-refractivity contribution in [2.45, 2.75) is 26.8 Å². The third kappa shape index (κ3) is 2.86. The summed E-state index contributed by atoms with van der Waals surface area (Å²) in [7, 11) is 1.52. The minimum atomic E-state index is -1.22. The molecule has 2 aromatic heterocycles. The van der Waals surface area contributed by atoms with Crippen molar-refractivity contribution in [3.05, 3.63) is 45.7 Å². The highest BCUT2D eigenvalue weighted by Gasteiger charge is 2.22. The van der Waals surface area contributed by atoms with Crippen molar-refractivity contribution in [2.75, 3.05) is 7.11 Å². The molecular weight excluding hydrogens is 284 g/mol. The van der Waals surface area contributed by atoms with Crippen molar-refractivity contribution in [2.24, 2.45) is 0 Å². The van der Waals surface area contributed by atoms with E-state index in [0.29, 0.717) is 23.8 Å². The number of pyridine rings is 2. The second kappa shape index (κ2) is 6.43. The Hall–Kier alpha value is -2.63. The number of aromatic nitrogens is 2. The van der Waals surface area contributed by atoms with E-state index in [1.807, 2.05) is 6.07 Å². The molecule has 0 fully saturated rings. The van der Waals surface area contributed by atoms with Gasteiger partial charge in [0, 0.05) is 24.9 Å². The molecule has 0 bridgehead atoms. The van der Waals surface area contributed by atoms with Gasteiger partial charge in [0.15, 0.2) is 5.43 Å². The standard InChI is InChI=1S/C13H10N2O4.C3H8/c1-19-11-3-2-7-5-15-6-8(13(17)18)10(16)4-9(15)12(7)14-11;1-3-2/h2-4,6H,5H2,1H3,(H,17,18);3H2,1-2H3. The number of rotatable bonds is 2. The first kappa shape index (κ1) is 15.8. The SMILES string of the molecule is CCC.COc1ccc2c(n1)-c1cc(=O)c(C(=O)O)cn1C2. The van der Waals surface area contributed by atoms with E-state index in [9.17, 15) is 9.59 Å². The molecular formula is C16H18N2O4. The maximum atomic E-state index is 11.7. The van der Waals surface area contributed by atoms with Crippen molar-refractivity contribution in [1.29, 1.82) is 0 Å². The number of hydrogen-bond acceptors (Lipinski definition) is 4. The van der Waals surface area contributed by atoms with Gasteiger partial charge in [0.25, 0.3) is 0 Å². The number of fused-ring (bicyclic) bond motifs is 3. The van der Waals surface area contributed by atoms with Gasteiger partial charge in [-0.05, 0) is 11.6 Å². The fourth-order valence-electron chi connectivity index (χ4n) is 2.19. The summed E-state index contributed by atoms with van der Waals surface area (Å²) in [5.41, 5.74) is 1.46. The quantitative estimate of drug-likeness (QED) is 0.786. The van der Waals surface area contributed by atoms with Crippen LogP contribution in [0.2, 0.25) is 0 Å². The van der Waals surface area contributed by atoms with E-state index >= 15 is 0 Å². The first-order valence-electron chi connectivity index (χ1n) is 7.03. The second-order valence-corrected chi connectivity index (χ2v) is 4.94. The minimum absolute atomic E-state index is 0.233. The molecule has 0 saturated carbocycles. The Bertz CT molecular complexity index is 765. The molecule has 2 aromatic rings. The average molecular weight is 302 g/mol. The Morgan fingerprint density at radius 3 is 2.68 bits per heavy atom. The molecule has 1 N–H and O–H groups in total. The second-order valence-electron chi connectivity index (χ2n) is 4.94. The molecule has 116 valence electrons. The summed E-state index contributed by atoms with van der Waals surface area (Å²) in [4.78, 5) is 27.0. The minimum Gasteiger partial charge on any atom is -0.481 e. The largest absolute Gasteiger partial charge is 0.481 e. The van der Waals surface area contributed by atoms with Crippen LogP contribution < -0.4 is 10.2 Å². The Morgan fingerprint density at radius 2 is 2.09 bits per heavy atom.